The third-order valence-electron chi connectivity index (χ3n) is 2.87. The minimum absolute atomic E-state index is 0.250. The van der Waals surface area contributed by atoms with Gasteiger partial charge in [0.05, 0.1) is 0 Å². The summed E-state index contributed by atoms with van der Waals surface area (Å²) < 4.78 is 0. The van der Waals surface area contributed by atoms with E-state index in [2.05, 4.69) is 47.5 Å². The van der Waals surface area contributed by atoms with Crippen molar-refractivity contribution in [3.63, 3.8) is 0 Å². The SMILES string of the molecule is CC1CNCCN1Cc1ccccc1.CCO. The highest BCUT2D eigenvalue weighted by molar-refractivity contribution is 5.14. The Morgan fingerprint density at radius 3 is 2.59 bits per heavy atom. The second kappa shape index (κ2) is 8.23. The zero-order chi connectivity index (χ0) is 12.5. The van der Waals surface area contributed by atoms with Crippen molar-refractivity contribution in [1.29, 1.82) is 0 Å². The van der Waals surface area contributed by atoms with E-state index in [-0.39, 0.29) is 6.61 Å². The predicted molar refractivity (Wildman–Crippen MR) is 71.9 cm³/mol. The molecule has 1 aliphatic rings. The maximum Gasteiger partial charge on any atom is 0.0402 e. The summed E-state index contributed by atoms with van der Waals surface area (Å²) in [6.07, 6.45) is 0. The van der Waals surface area contributed by atoms with Gasteiger partial charge in [-0.15, -0.1) is 0 Å². The fourth-order valence-corrected chi connectivity index (χ4v) is 1.94. The van der Waals surface area contributed by atoms with Gasteiger partial charge in [0.25, 0.3) is 0 Å². The molecule has 0 aromatic heterocycles. The summed E-state index contributed by atoms with van der Waals surface area (Å²) in [5.41, 5.74) is 1.42. The van der Waals surface area contributed by atoms with Crippen molar-refractivity contribution >= 4 is 0 Å². The monoisotopic (exact) mass is 236 g/mol. The predicted octanol–water partition coefficient (Wildman–Crippen LogP) is 1.48. The minimum atomic E-state index is 0.250. The van der Waals surface area contributed by atoms with Crippen molar-refractivity contribution < 1.29 is 5.11 Å². The maximum atomic E-state index is 7.57. The van der Waals surface area contributed by atoms with E-state index in [1.165, 1.54) is 5.56 Å². The van der Waals surface area contributed by atoms with Gasteiger partial charge in [-0.25, -0.2) is 0 Å². The highest BCUT2D eigenvalue weighted by Crippen LogP contribution is 2.09. The van der Waals surface area contributed by atoms with E-state index in [0.717, 1.165) is 26.2 Å². The fourth-order valence-electron chi connectivity index (χ4n) is 1.94. The largest absolute Gasteiger partial charge is 0.397 e. The van der Waals surface area contributed by atoms with Crippen molar-refractivity contribution in [3.8, 4) is 0 Å². The molecule has 0 radical (unpaired) electrons. The van der Waals surface area contributed by atoms with E-state index < -0.39 is 0 Å². The third kappa shape index (κ3) is 5.31. The molecule has 3 heteroatoms. The minimum Gasteiger partial charge on any atom is -0.397 e. The molecule has 1 atom stereocenters. The maximum absolute atomic E-state index is 7.57. The van der Waals surface area contributed by atoms with Crippen LogP contribution >= 0.6 is 0 Å². The molecule has 0 spiro atoms. The summed E-state index contributed by atoms with van der Waals surface area (Å²) in [6, 6.07) is 11.4. The van der Waals surface area contributed by atoms with Gasteiger partial charge in [-0.3, -0.25) is 4.90 Å². The average molecular weight is 236 g/mol. The number of rotatable bonds is 2. The number of hydrogen-bond acceptors (Lipinski definition) is 3. The first-order chi connectivity index (χ1) is 8.27. The van der Waals surface area contributed by atoms with E-state index in [4.69, 9.17) is 5.11 Å². The summed E-state index contributed by atoms with van der Waals surface area (Å²) in [6.45, 7) is 8.71. The quantitative estimate of drug-likeness (QED) is 0.816. The van der Waals surface area contributed by atoms with Gasteiger partial charge < -0.3 is 10.4 Å². The topological polar surface area (TPSA) is 35.5 Å². The van der Waals surface area contributed by atoms with Crippen molar-refractivity contribution in [3.05, 3.63) is 35.9 Å². The van der Waals surface area contributed by atoms with Crippen LogP contribution in [0.2, 0.25) is 0 Å². The highest BCUT2D eigenvalue weighted by atomic mass is 16.2. The summed E-state index contributed by atoms with van der Waals surface area (Å²) in [4.78, 5) is 2.53. The van der Waals surface area contributed by atoms with E-state index in [1.54, 1.807) is 6.92 Å². The second-order valence-electron chi connectivity index (χ2n) is 4.33. The molecule has 2 N–H and O–H groups in total. The van der Waals surface area contributed by atoms with E-state index in [1.807, 2.05) is 0 Å². The van der Waals surface area contributed by atoms with Gasteiger partial charge in [0.15, 0.2) is 0 Å². The molecule has 0 saturated carbocycles. The normalized spacial score (nSPS) is 20.5. The van der Waals surface area contributed by atoms with Gasteiger partial charge >= 0.3 is 0 Å². The van der Waals surface area contributed by atoms with Gasteiger partial charge in [-0.1, -0.05) is 30.3 Å². The molecule has 0 bridgehead atoms. The molecule has 17 heavy (non-hydrogen) atoms. The molecule has 1 fully saturated rings. The van der Waals surface area contributed by atoms with Crippen LogP contribution in [0, 0.1) is 0 Å². The molecular formula is C14H24N2O. The molecule has 1 aromatic rings. The lowest BCUT2D eigenvalue weighted by atomic mass is 10.1. The molecule has 3 nitrogen and oxygen atoms in total. The first-order valence-electron chi connectivity index (χ1n) is 6.37. The van der Waals surface area contributed by atoms with Crippen LogP contribution < -0.4 is 5.32 Å². The van der Waals surface area contributed by atoms with Crippen LogP contribution in [0.5, 0.6) is 0 Å². The van der Waals surface area contributed by atoms with Crippen LogP contribution in [-0.4, -0.2) is 42.3 Å². The fraction of sp³-hybridized carbons (Fsp3) is 0.571. The highest BCUT2D eigenvalue weighted by Gasteiger charge is 2.17. The number of piperazine rings is 1. The van der Waals surface area contributed by atoms with Crippen LogP contribution in [0.4, 0.5) is 0 Å². The van der Waals surface area contributed by atoms with Crippen molar-refractivity contribution in [2.75, 3.05) is 26.2 Å². The third-order valence-corrected chi connectivity index (χ3v) is 2.87. The van der Waals surface area contributed by atoms with E-state index in [9.17, 15) is 0 Å². The summed E-state index contributed by atoms with van der Waals surface area (Å²) in [5.74, 6) is 0. The Balaban J connectivity index is 0.000000437. The number of aliphatic hydroxyl groups is 1. The van der Waals surface area contributed by atoms with Gasteiger partial charge in [-0.2, -0.15) is 0 Å². The average Bonchev–Trinajstić information content (AvgIpc) is 2.35. The summed E-state index contributed by atoms with van der Waals surface area (Å²) in [5, 5.41) is 11.0. The lowest BCUT2D eigenvalue weighted by molar-refractivity contribution is 0.165. The molecule has 1 heterocycles. The lowest BCUT2D eigenvalue weighted by Gasteiger charge is -2.33. The number of nitrogens with zero attached hydrogens (tertiary/aromatic N) is 1. The standard InChI is InChI=1S/C12H18N2.C2H6O/c1-11-9-13-7-8-14(11)10-12-5-3-2-4-6-12;1-2-3/h2-6,11,13H,7-10H2,1H3;3H,2H2,1H3. The molecule has 1 unspecified atom stereocenters. The lowest BCUT2D eigenvalue weighted by Crippen LogP contribution is -2.49. The summed E-state index contributed by atoms with van der Waals surface area (Å²) >= 11 is 0. The molecule has 2 rings (SSSR count). The first kappa shape index (κ1) is 14.2. The molecular weight excluding hydrogens is 212 g/mol. The van der Waals surface area contributed by atoms with E-state index >= 15 is 0 Å². The Labute approximate surface area is 104 Å². The van der Waals surface area contributed by atoms with Crippen LogP contribution in [0.15, 0.2) is 30.3 Å². The molecule has 0 amide bonds. The first-order valence-corrected chi connectivity index (χ1v) is 6.37. The molecule has 96 valence electrons. The Morgan fingerprint density at radius 1 is 1.35 bits per heavy atom. The van der Waals surface area contributed by atoms with Gasteiger partial charge in [0, 0.05) is 38.8 Å². The zero-order valence-corrected chi connectivity index (χ0v) is 10.9. The molecule has 1 aromatic carbocycles. The second-order valence-corrected chi connectivity index (χ2v) is 4.33. The van der Waals surface area contributed by atoms with Crippen LogP contribution in [0.1, 0.15) is 19.4 Å². The summed E-state index contributed by atoms with van der Waals surface area (Å²) in [7, 11) is 0. The van der Waals surface area contributed by atoms with Gasteiger partial charge in [0.2, 0.25) is 0 Å². The number of nitrogens with one attached hydrogen (secondary N) is 1. The Kier molecular flexibility index (Phi) is 6.86. The van der Waals surface area contributed by atoms with E-state index in [0.29, 0.717) is 6.04 Å². The smallest absolute Gasteiger partial charge is 0.0402 e. The van der Waals surface area contributed by atoms with Crippen LogP contribution in [0.3, 0.4) is 0 Å². The number of aliphatic hydroxyl groups excluding tert-OH is 1. The van der Waals surface area contributed by atoms with Crippen LogP contribution in [0.25, 0.3) is 0 Å². The van der Waals surface area contributed by atoms with Crippen molar-refractivity contribution in [1.82, 2.24) is 10.2 Å². The van der Waals surface area contributed by atoms with Crippen LogP contribution in [-0.2, 0) is 6.54 Å². The van der Waals surface area contributed by atoms with Gasteiger partial charge in [-0.05, 0) is 19.4 Å². The number of hydrogen-bond donors (Lipinski definition) is 2. The molecule has 0 aliphatic carbocycles. The zero-order valence-electron chi connectivity index (χ0n) is 10.9. The van der Waals surface area contributed by atoms with Crippen molar-refractivity contribution in [2.24, 2.45) is 0 Å². The van der Waals surface area contributed by atoms with Gasteiger partial charge in [0.1, 0.15) is 0 Å². The number of benzene rings is 1. The Bertz CT molecular complexity index is 290. The molecule has 1 aliphatic heterocycles. The Morgan fingerprint density at radius 2 is 2.00 bits per heavy atom. The molecule has 1 saturated heterocycles. The van der Waals surface area contributed by atoms with Crippen molar-refractivity contribution in [2.45, 2.75) is 26.4 Å². The Hall–Kier alpha value is -0.900.